The standard InChI is InChI=1S/C16H17N3O3S/c17-16-19-13(14(23-16)9-4-2-1-3-5-9)15(20)18-11-7-22-12-8-21-6-10(11)12/h1-5,10-12H,6-8H2,(H2,17,19)(H,18,20)/t10-,11+,12-/m0/s1. The molecule has 0 aliphatic carbocycles. The van der Waals surface area contributed by atoms with Crippen molar-refractivity contribution >= 4 is 22.4 Å². The van der Waals surface area contributed by atoms with Crippen molar-refractivity contribution in [3.8, 4) is 10.4 Å². The van der Waals surface area contributed by atoms with Crippen molar-refractivity contribution in [1.29, 1.82) is 0 Å². The number of thiazole rings is 1. The second kappa shape index (κ2) is 5.92. The molecule has 0 radical (unpaired) electrons. The minimum absolute atomic E-state index is 0.0402. The Balaban J connectivity index is 1.57. The molecule has 2 fully saturated rings. The molecule has 1 aromatic carbocycles. The molecule has 6 nitrogen and oxygen atoms in total. The molecule has 2 aliphatic rings. The lowest BCUT2D eigenvalue weighted by molar-refractivity contribution is 0.0655. The summed E-state index contributed by atoms with van der Waals surface area (Å²) in [5.41, 5.74) is 7.15. The van der Waals surface area contributed by atoms with Crippen LogP contribution in [0.1, 0.15) is 10.5 Å². The molecular weight excluding hydrogens is 314 g/mol. The molecular formula is C16H17N3O3S. The predicted molar refractivity (Wildman–Crippen MR) is 87.3 cm³/mol. The van der Waals surface area contributed by atoms with E-state index in [2.05, 4.69) is 10.3 Å². The molecule has 2 saturated heterocycles. The minimum Gasteiger partial charge on any atom is -0.378 e. The van der Waals surface area contributed by atoms with E-state index in [9.17, 15) is 4.79 Å². The summed E-state index contributed by atoms with van der Waals surface area (Å²) >= 11 is 1.32. The maximum Gasteiger partial charge on any atom is 0.271 e. The van der Waals surface area contributed by atoms with Gasteiger partial charge in [-0.25, -0.2) is 4.98 Å². The fourth-order valence-corrected chi connectivity index (χ4v) is 3.95. The van der Waals surface area contributed by atoms with Crippen molar-refractivity contribution in [1.82, 2.24) is 10.3 Å². The smallest absolute Gasteiger partial charge is 0.271 e. The highest BCUT2D eigenvalue weighted by Crippen LogP contribution is 2.32. The summed E-state index contributed by atoms with van der Waals surface area (Å²) in [6.45, 7) is 1.75. The van der Waals surface area contributed by atoms with Gasteiger partial charge in [0.1, 0.15) is 5.69 Å². The van der Waals surface area contributed by atoms with E-state index < -0.39 is 0 Å². The lowest BCUT2D eigenvalue weighted by atomic mass is 10.00. The van der Waals surface area contributed by atoms with E-state index in [1.165, 1.54) is 11.3 Å². The van der Waals surface area contributed by atoms with Gasteiger partial charge in [-0.2, -0.15) is 0 Å². The quantitative estimate of drug-likeness (QED) is 0.891. The van der Waals surface area contributed by atoms with Crippen LogP contribution in [0, 0.1) is 5.92 Å². The molecule has 2 aromatic rings. The Morgan fingerprint density at radius 1 is 1.26 bits per heavy atom. The van der Waals surface area contributed by atoms with Gasteiger partial charge in [-0.3, -0.25) is 4.79 Å². The molecule has 7 heteroatoms. The fraction of sp³-hybridized carbons (Fsp3) is 0.375. The number of carbonyl (C=O) groups is 1. The summed E-state index contributed by atoms with van der Waals surface area (Å²) in [6.07, 6.45) is 0.0920. The van der Waals surface area contributed by atoms with Gasteiger partial charge < -0.3 is 20.5 Å². The summed E-state index contributed by atoms with van der Waals surface area (Å²) in [6, 6.07) is 9.65. The van der Waals surface area contributed by atoms with E-state index in [-0.39, 0.29) is 24.0 Å². The normalized spacial score (nSPS) is 26.2. The van der Waals surface area contributed by atoms with Crippen LogP contribution in [0.15, 0.2) is 30.3 Å². The van der Waals surface area contributed by atoms with E-state index in [0.29, 0.717) is 30.6 Å². The van der Waals surface area contributed by atoms with Crippen molar-refractivity contribution in [3.05, 3.63) is 36.0 Å². The zero-order chi connectivity index (χ0) is 15.8. The van der Waals surface area contributed by atoms with Gasteiger partial charge >= 0.3 is 0 Å². The number of nitrogens with zero attached hydrogens (tertiary/aromatic N) is 1. The number of rotatable bonds is 3. The second-order valence-electron chi connectivity index (χ2n) is 5.75. The number of aromatic nitrogens is 1. The van der Waals surface area contributed by atoms with Gasteiger partial charge in [-0.15, -0.1) is 0 Å². The van der Waals surface area contributed by atoms with E-state index in [0.717, 1.165) is 10.4 Å². The van der Waals surface area contributed by atoms with Gasteiger partial charge in [0, 0.05) is 5.92 Å². The van der Waals surface area contributed by atoms with Crippen molar-refractivity contribution in [2.45, 2.75) is 12.1 Å². The number of nitrogens with two attached hydrogens (primary N) is 1. The molecule has 23 heavy (non-hydrogen) atoms. The summed E-state index contributed by atoms with van der Waals surface area (Å²) in [4.78, 5) is 17.7. The van der Waals surface area contributed by atoms with Crippen LogP contribution in [0.2, 0.25) is 0 Å². The van der Waals surface area contributed by atoms with Crippen LogP contribution in [0.5, 0.6) is 0 Å². The first-order valence-electron chi connectivity index (χ1n) is 7.54. The highest BCUT2D eigenvalue weighted by Gasteiger charge is 2.42. The number of nitrogens with one attached hydrogen (secondary N) is 1. The molecule has 1 amide bonds. The van der Waals surface area contributed by atoms with E-state index in [1.54, 1.807) is 0 Å². The third-order valence-electron chi connectivity index (χ3n) is 4.29. The third-order valence-corrected chi connectivity index (χ3v) is 5.22. The van der Waals surface area contributed by atoms with E-state index in [1.807, 2.05) is 30.3 Å². The highest BCUT2D eigenvalue weighted by molar-refractivity contribution is 7.19. The number of benzene rings is 1. The topological polar surface area (TPSA) is 86.5 Å². The van der Waals surface area contributed by atoms with Crippen molar-refractivity contribution in [2.75, 3.05) is 25.6 Å². The number of anilines is 1. The number of hydrogen-bond donors (Lipinski definition) is 2. The molecule has 4 rings (SSSR count). The Morgan fingerprint density at radius 2 is 2.09 bits per heavy atom. The molecule has 1 aromatic heterocycles. The number of ether oxygens (including phenoxy) is 2. The molecule has 3 N–H and O–H groups in total. The van der Waals surface area contributed by atoms with Gasteiger partial charge in [-0.1, -0.05) is 41.7 Å². The van der Waals surface area contributed by atoms with Crippen LogP contribution in [-0.2, 0) is 9.47 Å². The number of carbonyl (C=O) groups excluding carboxylic acids is 1. The molecule has 120 valence electrons. The molecule has 0 unspecified atom stereocenters. The maximum atomic E-state index is 12.7. The first-order chi connectivity index (χ1) is 11.2. The Hall–Kier alpha value is -1.96. The number of amides is 1. The lowest BCUT2D eigenvalue weighted by Crippen LogP contribution is -2.41. The third kappa shape index (κ3) is 2.71. The first kappa shape index (κ1) is 14.6. The Morgan fingerprint density at radius 3 is 2.91 bits per heavy atom. The van der Waals surface area contributed by atoms with Gasteiger partial charge in [0.05, 0.1) is 36.8 Å². The minimum atomic E-state index is -0.210. The van der Waals surface area contributed by atoms with Crippen LogP contribution in [0.25, 0.3) is 10.4 Å². The SMILES string of the molecule is Nc1nc(C(=O)N[C@@H]2CO[C@H]3COC[C@H]32)c(-c2ccccc2)s1. The number of nitrogen functional groups attached to an aromatic ring is 1. The van der Waals surface area contributed by atoms with Gasteiger partial charge in [-0.05, 0) is 5.56 Å². The molecule has 2 aliphatic heterocycles. The maximum absolute atomic E-state index is 12.7. The monoisotopic (exact) mass is 331 g/mol. The zero-order valence-electron chi connectivity index (χ0n) is 12.4. The Labute approximate surface area is 137 Å². The van der Waals surface area contributed by atoms with Crippen LogP contribution in [-0.4, -0.2) is 42.9 Å². The van der Waals surface area contributed by atoms with E-state index in [4.69, 9.17) is 15.2 Å². The molecule has 0 saturated carbocycles. The van der Waals surface area contributed by atoms with Crippen molar-refractivity contribution < 1.29 is 14.3 Å². The molecule has 3 heterocycles. The Bertz CT molecular complexity index is 719. The van der Waals surface area contributed by atoms with Gasteiger partial charge in [0.2, 0.25) is 0 Å². The van der Waals surface area contributed by atoms with Gasteiger partial charge in [0.15, 0.2) is 5.13 Å². The average Bonchev–Trinajstić information content (AvgIpc) is 3.25. The largest absolute Gasteiger partial charge is 0.378 e. The summed E-state index contributed by atoms with van der Waals surface area (Å²) < 4.78 is 11.1. The summed E-state index contributed by atoms with van der Waals surface area (Å²) in [7, 11) is 0. The fourth-order valence-electron chi connectivity index (χ4n) is 3.11. The lowest BCUT2D eigenvalue weighted by Gasteiger charge is -2.16. The van der Waals surface area contributed by atoms with Crippen LogP contribution in [0.4, 0.5) is 5.13 Å². The second-order valence-corrected chi connectivity index (χ2v) is 6.78. The van der Waals surface area contributed by atoms with Crippen LogP contribution >= 0.6 is 11.3 Å². The van der Waals surface area contributed by atoms with Crippen LogP contribution < -0.4 is 11.1 Å². The first-order valence-corrected chi connectivity index (χ1v) is 8.36. The van der Waals surface area contributed by atoms with Gasteiger partial charge in [0.25, 0.3) is 5.91 Å². The zero-order valence-corrected chi connectivity index (χ0v) is 13.2. The van der Waals surface area contributed by atoms with Crippen LogP contribution in [0.3, 0.4) is 0 Å². The summed E-state index contributed by atoms with van der Waals surface area (Å²) in [5.74, 6) is 0.00746. The van der Waals surface area contributed by atoms with E-state index >= 15 is 0 Å². The summed E-state index contributed by atoms with van der Waals surface area (Å²) in [5, 5.41) is 3.42. The molecule has 3 atom stereocenters. The van der Waals surface area contributed by atoms with Crippen molar-refractivity contribution in [3.63, 3.8) is 0 Å². The Kier molecular flexibility index (Phi) is 3.76. The molecule has 0 bridgehead atoms. The number of hydrogen-bond acceptors (Lipinski definition) is 6. The highest BCUT2D eigenvalue weighted by atomic mass is 32.1. The molecule has 0 spiro atoms. The average molecular weight is 331 g/mol. The predicted octanol–water partition coefficient (Wildman–Crippen LogP) is 1.54. The number of fused-ring (bicyclic) bond motifs is 1. The van der Waals surface area contributed by atoms with Crippen molar-refractivity contribution in [2.24, 2.45) is 5.92 Å².